The van der Waals surface area contributed by atoms with Crippen molar-refractivity contribution in [1.82, 2.24) is 5.32 Å². The molecule has 3 nitrogen and oxygen atoms in total. The number of amides is 1. The summed E-state index contributed by atoms with van der Waals surface area (Å²) in [6, 6.07) is 0. The summed E-state index contributed by atoms with van der Waals surface area (Å²) in [5.74, 6) is 0.336. The summed E-state index contributed by atoms with van der Waals surface area (Å²) in [5, 5.41) is 2.86. The minimum Gasteiger partial charge on any atom is -0.376 e. The molecule has 3 heteroatoms. The molecule has 1 saturated heterocycles. The lowest BCUT2D eigenvalue weighted by Gasteiger charge is -2.31. The topological polar surface area (TPSA) is 38.3 Å². The van der Waals surface area contributed by atoms with Crippen LogP contribution in [0.3, 0.4) is 0 Å². The highest BCUT2D eigenvalue weighted by atomic mass is 16.5. The molecular weight excluding hydrogens is 166 g/mol. The van der Waals surface area contributed by atoms with E-state index in [0.717, 1.165) is 19.4 Å². The Kier molecular flexibility index (Phi) is 3.72. The molecule has 1 heterocycles. The number of rotatable bonds is 2. The number of nitrogens with one attached hydrogen (secondary N) is 1. The lowest BCUT2D eigenvalue weighted by molar-refractivity contribution is -0.132. The van der Waals surface area contributed by atoms with Crippen LogP contribution in [-0.2, 0) is 9.53 Å². The monoisotopic (exact) mass is 185 g/mol. The van der Waals surface area contributed by atoms with Crippen molar-refractivity contribution in [2.45, 2.75) is 45.8 Å². The Morgan fingerprint density at radius 3 is 2.38 bits per heavy atom. The van der Waals surface area contributed by atoms with Gasteiger partial charge in [0, 0.05) is 12.5 Å². The van der Waals surface area contributed by atoms with Crippen LogP contribution in [0, 0.1) is 5.92 Å². The Bertz CT molecular complexity index is 172. The summed E-state index contributed by atoms with van der Waals surface area (Å²) in [5.41, 5.74) is 0. The largest absolute Gasteiger partial charge is 0.376 e. The van der Waals surface area contributed by atoms with Gasteiger partial charge in [-0.1, -0.05) is 0 Å². The molecule has 0 aliphatic carbocycles. The molecule has 0 saturated carbocycles. The first-order chi connectivity index (χ1) is 6.13. The minimum atomic E-state index is 0.152. The summed E-state index contributed by atoms with van der Waals surface area (Å²) in [4.78, 5) is 11.5. The van der Waals surface area contributed by atoms with E-state index >= 15 is 0 Å². The molecule has 13 heavy (non-hydrogen) atoms. The van der Waals surface area contributed by atoms with E-state index in [-0.39, 0.29) is 24.0 Å². The van der Waals surface area contributed by atoms with E-state index in [2.05, 4.69) is 5.32 Å². The maximum atomic E-state index is 11.5. The van der Waals surface area contributed by atoms with Crippen molar-refractivity contribution in [1.29, 1.82) is 0 Å². The molecule has 2 atom stereocenters. The van der Waals surface area contributed by atoms with E-state index < -0.39 is 0 Å². The number of carbonyl (C=O) groups is 1. The molecule has 2 unspecified atom stereocenters. The fourth-order valence-corrected chi connectivity index (χ4v) is 1.94. The van der Waals surface area contributed by atoms with Crippen molar-refractivity contribution in [2.24, 2.45) is 5.92 Å². The van der Waals surface area contributed by atoms with Crippen molar-refractivity contribution in [3.05, 3.63) is 0 Å². The van der Waals surface area contributed by atoms with Gasteiger partial charge in [0.05, 0.1) is 12.2 Å². The van der Waals surface area contributed by atoms with Gasteiger partial charge in [-0.15, -0.1) is 0 Å². The summed E-state index contributed by atoms with van der Waals surface area (Å²) >= 11 is 0. The second kappa shape index (κ2) is 4.61. The highest BCUT2D eigenvalue weighted by Crippen LogP contribution is 2.24. The molecule has 0 radical (unpaired) electrons. The lowest BCUT2D eigenvalue weighted by Crippen LogP contribution is -2.39. The predicted molar refractivity (Wildman–Crippen MR) is 51.4 cm³/mol. The number of carbonyl (C=O) groups excluding carboxylic acids is 1. The van der Waals surface area contributed by atoms with Crippen LogP contribution in [0.1, 0.15) is 33.6 Å². The molecule has 1 fully saturated rings. The van der Waals surface area contributed by atoms with Gasteiger partial charge in [0.25, 0.3) is 0 Å². The highest BCUT2D eigenvalue weighted by Gasteiger charge is 2.28. The third-order valence-corrected chi connectivity index (χ3v) is 2.42. The number of ether oxygens (including phenoxy) is 1. The lowest BCUT2D eigenvalue weighted by atomic mass is 9.92. The van der Waals surface area contributed by atoms with Crippen LogP contribution < -0.4 is 5.32 Å². The summed E-state index contributed by atoms with van der Waals surface area (Å²) in [6.45, 7) is 6.73. The second-order valence-corrected chi connectivity index (χ2v) is 3.82. The van der Waals surface area contributed by atoms with Crippen LogP contribution in [-0.4, -0.2) is 24.7 Å². The SMILES string of the molecule is CCNC(=O)C1CC(C)OC(C)C1. The van der Waals surface area contributed by atoms with Crippen LogP contribution in [0.25, 0.3) is 0 Å². The van der Waals surface area contributed by atoms with Gasteiger partial charge >= 0.3 is 0 Å². The van der Waals surface area contributed by atoms with E-state index in [1.54, 1.807) is 0 Å². The Labute approximate surface area is 79.8 Å². The predicted octanol–water partition coefficient (Wildman–Crippen LogP) is 1.33. The fourth-order valence-electron chi connectivity index (χ4n) is 1.94. The van der Waals surface area contributed by atoms with Crippen LogP contribution in [0.4, 0.5) is 0 Å². The van der Waals surface area contributed by atoms with Crippen molar-refractivity contribution >= 4 is 5.91 Å². The van der Waals surface area contributed by atoms with E-state index in [0.29, 0.717) is 0 Å². The first-order valence-electron chi connectivity index (χ1n) is 5.06. The third kappa shape index (κ3) is 2.99. The Hall–Kier alpha value is -0.570. The summed E-state index contributed by atoms with van der Waals surface area (Å²) in [6.07, 6.45) is 2.15. The van der Waals surface area contributed by atoms with Gasteiger partial charge in [0.15, 0.2) is 0 Å². The Balaban J connectivity index is 2.45. The molecule has 0 spiro atoms. The van der Waals surface area contributed by atoms with Crippen molar-refractivity contribution < 1.29 is 9.53 Å². The van der Waals surface area contributed by atoms with Gasteiger partial charge in [-0.25, -0.2) is 0 Å². The maximum Gasteiger partial charge on any atom is 0.223 e. The standard InChI is InChI=1S/C10H19NO2/c1-4-11-10(12)9-5-7(2)13-8(3)6-9/h7-9H,4-6H2,1-3H3,(H,11,12). The Morgan fingerprint density at radius 2 is 1.92 bits per heavy atom. The smallest absolute Gasteiger partial charge is 0.223 e. The fraction of sp³-hybridized carbons (Fsp3) is 0.900. The first kappa shape index (κ1) is 10.5. The first-order valence-corrected chi connectivity index (χ1v) is 5.06. The zero-order chi connectivity index (χ0) is 9.84. The second-order valence-electron chi connectivity index (χ2n) is 3.82. The zero-order valence-electron chi connectivity index (χ0n) is 8.67. The van der Waals surface area contributed by atoms with E-state index in [4.69, 9.17) is 4.74 Å². The molecule has 1 aliphatic rings. The molecule has 1 N–H and O–H groups in total. The van der Waals surface area contributed by atoms with Crippen molar-refractivity contribution in [2.75, 3.05) is 6.54 Å². The number of hydrogen-bond acceptors (Lipinski definition) is 2. The third-order valence-electron chi connectivity index (χ3n) is 2.42. The van der Waals surface area contributed by atoms with Crippen LogP contribution in [0.15, 0.2) is 0 Å². The number of hydrogen-bond donors (Lipinski definition) is 1. The van der Waals surface area contributed by atoms with Gasteiger partial charge in [-0.3, -0.25) is 4.79 Å². The molecule has 0 aromatic rings. The molecule has 0 aromatic carbocycles. The molecule has 76 valence electrons. The van der Waals surface area contributed by atoms with E-state index in [9.17, 15) is 4.79 Å². The molecule has 1 aliphatic heterocycles. The average molecular weight is 185 g/mol. The van der Waals surface area contributed by atoms with E-state index in [1.807, 2.05) is 20.8 Å². The van der Waals surface area contributed by atoms with E-state index in [1.165, 1.54) is 0 Å². The van der Waals surface area contributed by atoms with Gasteiger partial charge in [0.2, 0.25) is 5.91 Å². The van der Waals surface area contributed by atoms with Gasteiger partial charge < -0.3 is 10.1 Å². The maximum absolute atomic E-state index is 11.5. The molecular formula is C10H19NO2. The van der Waals surface area contributed by atoms with Crippen molar-refractivity contribution in [3.8, 4) is 0 Å². The minimum absolute atomic E-state index is 0.152. The highest BCUT2D eigenvalue weighted by molar-refractivity contribution is 5.78. The van der Waals surface area contributed by atoms with Gasteiger partial charge in [0.1, 0.15) is 0 Å². The van der Waals surface area contributed by atoms with Crippen molar-refractivity contribution in [3.63, 3.8) is 0 Å². The van der Waals surface area contributed by atoms with Gasteiger partial charge in [-0.2, -0.15) is 0 Å². The average Bonchev–Trinajstić information content (AvgIpc) is 2.03. The van der Waals surface area contributed by atoms with Crippen LogP contribution in [0.2, 0.25) is 0 Å². The molecule has 0 aromatic heterocycles. The normalized spacial score (nSPS) is 34.2. The quantitative estimate of drug-likeness (QED) is 0.704. The molecule has 1 amide bonds. The Morgan fingerprint density at radius 1 is 1.38 bits per heavy atom. The zero-order valence-corrected chi connectivity index (χ0v) is 8.67. The van der Waals surface area contributed by atoms with Gasteiger partial charge in [-0.05, 0) is 33.6 Å². The summed E-state index contributed by atoms with van der Waals surface area (Å²) < 4.78 is 5.56. The van der Waals surface area contributed by atoms with Crippen LogP contribution in [0.5, 0.6) is 0 Å². The molecule has 0 bridgehead atoms. The summed E-state index contributed by atoms with van der Waals surface area (Å²) in [7, 11) is 0. The molecule has 1 rings (SSSR count). The van der Waals surface area contributed by atoms with Crippen LogP contribution >= 0.6 is 0 Å².